The minimum absolute atomic E-state index is 0.124. The van der Waals surface area contributed by atoms with Gasteiger partial charge in [-0.1, -0.05) is 13.8 Å². The Morgan fingerprint density at radius 3 is 2.39 bits per heavy atom. The van der Waals surface area contributed by atoms with Crippen LogP contribution >= 0.6 is 0 Å². The van der Waals surface area contributed by atoms with E-state index in [0.717, 1.165) is 11.4 Å². The second kappa shape index (κ2) is 9.53. The third kappa shape index (κ3) is 6.59. The zero-order valence-electron chi connectivity index (χ0n) is 14.8. The summed E-state index contributed by atoms with van der Waals surface area (Å²) < 4.78 is 16.2. The standard InChI is InChI=1S/C18H29NO4/c1-6-23-18(4,13-14(2)3)17(20)19-15-7-9-16(10-8-15)22-12-11-21-5/h7-10,14H,6,11-13H2,1-5H3,(H,19,20)/t18-/m1/s1. The number of amides is 1. The van der Waals surface area contributed by atoms with Crippen LogP contribution in [0.4, 0.5) is 5.69 Å². The summed E-state index contributed by atoms with van der Waals surface area (Å²) in [5.74, 6) is 0.991. The summed E-state index contributed by atoms with van der Waals surface area (Å²) in [7, 11) is 1.63. The maximum atomic E-state index is 12.6. The Morgan fingerprint density at radius 2 is 1.87 bits per heavy atom. The van der Waals surface area contributed by atoms with E-state index in [-0.39, 0.29) is 5.91 Å². The Hall–Kier alpha value is -1.59. The molecule has 0 saturated carbocycles. The van der Waals surface area contributed by atoms with Gasteiger partial charge in [0.05, 0.1) is 6.61 Å². The number of hydrogen-bond donors (Lipinski definition) is 1. The van der Waals surface area contributed by atoms with Gasteiger partial charge < -0.3 is 19.5 Å². The molecule has 0 aliphatic heterocycles. The van der Waals surface area contributed by atoms with Gasteiger partial charge in [-0.3, -0.25) is 4.79 Å². The van der Waals surface area contributed by atoms with E-state index in [1.165, 1.54) is 0 Å². The number of benzene rings is 1. The summed E-state index contributed by atoms with van der Waals surface area (Å²) in [6, 6.07) is 7.29. The molecule has 1 rings (SSSR count). The lowest BCUT2D eigenvalue weighted by Crippen LogP contribution is -2.43. The molecule has 0 heterocycles. The van der Waals surface area contributed by atoms with E-state index in [0.29, 0.717) is 32.2 Å². The summed E-state index contributed by atoms with van der Waals surface area (Å²) in [4.78, 5) is 12.6. The fourth-order valence-electron chi connectivity index (χ4n) is 2.46. The Morgan fingerprint density at radius 1 is 1.22 bits per heavy atom. The van der Waals surface area contributed by atoms with Crippen molar-refractivity contribution < 1.29 is 19.0 Å². The number of carbonyl (C=O) groups is 1. The van der Waals surface area contributed by atoms with Crippen LogP contribution in [0, 0.1) is 5.92 Å². The first-order chi connectivity index (χ1) is 10.9. The van der Waals surface area contributed by atoms with Crippen LogP contribution < -0.4 is 10.1 Å². The molecule has 0 unspecified atom stereocenters. The number of anilines is 1. The van der Waals surface area contributed by atoms with Gasteiger partial charge >= 0.3 is 0 Å². The first-order valence-corrected chi connectivity index (χ1v) is 8.08. The molecule has 0 saturated heterocycles. The average Bonchev–Trinajstić information content (AvgIpc) is 2.48. The number of ether oxygens (including phenoxy) is 3. The lowest BCUT2D eigenvalue weighted by Gasteiger charge is -2.29. The molecule has 1 N–H and O–H groups in total. The highest BCUT2D eigenvalue weighted by Gasteiger charge is 2.34. The predicted octanol–water partition coefficient (Wildman–Crippen LogP) is 3.49. The summed E-state index contributed by atoms with van der Waals surface area (Å²) in [5.41, 5.74) is -0.0971. The third-order valence-electron chi connectivity index (χ3n) is 3.41. The predicted molar refractivity (Wildman–Crippen MR) is 91.9 cm³/mol. The van der Waals surface area contributed by atoms with Gasteiger partial charge in [-0.2, -0.15) is 0 Å². The van der Waals surface area contributed by atoms with Crippen molar-refractivity contribution in [1.29, 1.82) is 0 Å². The highest BCUT2D eigenvalue weighted by Crippen LogP contribution is 2.24. The van der Waals surface area contributed by atoms with Gasteiger partial charge in [0, 0.05) is 19.4 Å². The number of nitrogens with one attached hydrogen (secondary N) is 1. The van der Waals surface area contributed by atoms with Gasteiger partial charge in [-0.05, 0) is 50.5 Å². The molecule has 0 aliphatic rings. The van der Waals surface area contributed by atoms with E-state index >= 15 is 0 Å². The highest BCUT2D eigenvalue weighted by molar-refractivity contribution is 5.97. The van der Waals surface area contributed by atoms with Gasteiger partial charge in [-0.15, -0.1) is 0 Å². The van der Waals surface area contributed by atoms with Gasteiger partial charge in [0.15, 0.2) is 0 Å². The van der Waals surface area contributed by atoms with Crippen molar-refractivity contribution in [3.05, 3.63) is 24.3 Å². The Labute approximate surface area is 139 Å². The molecule has 0 aromatic heterocycles. The second-order valence-electron chi connectivity index (χ2n) is 6.08. The third-order valence-corrected chi connectivity index (χ3v) is 3.41. The number of rotatable bonds is 10. The van der Waals surface area contributed by atoms with Crippen molar-refractivity contribution in [1.82, 2.24) is 0 Å². The SMILES string of the molecule is CCO[C@](C)(CC(C)C)C(=O)Nc1ccc(OCCOC)cc1. The van der Waals surface area contributed by atoms with E-state index < -0.39 is 5.60 Å². The van der Waals surface area contributed by atoms with Gasteiger partial charge in [0.2, 0.25) is 0 Å². The molecule has 1 atom stereocenters. The van der Waals surface area contributed by atoms with Crippen LogP contribution in [0.2, 0.25) is 0 Å². The minimum atomic E-state index is -0.823. The summed E-state index contributed by atoms with van der Waals surface area (Å²) in [6.45, 7) is 9.45. The fourth-order valence-corrected chi connectivity index (χ4v) is 2.46. The monoisotopic (exact) mass is 323 g/mol. The molecule has 5 heteroatoms. The van der Waals surface area contributed by atoms with E-state index in [1.54, 1.807) is 7.11 Å². The van der Waals surface area contributed by atoms with Crippen LogP contribution in [0.25, 0.3) is 0 Å². The lowest BCUT2D eigenvalue weighted by molar-refractivity contribution is -0.140. The topological polar surface area (TPSA) is 56.8 Å². The molecule has 0 radical (unpaired) electrons. The molecule has 130 valence electrons. The normalized spacial score (nSPS) is 13.7. The number of carbonyl (C=O) groups excluding carboxylic acids is 1. The Bertz CT molecular complexity index is 472. The lowest BCUT2D eigenvalue weighted by atomic mass is 9.93. The zero-order valence-corrected chi connectivity index (χ0v) is 14.8. The largest absolute Gasteiger partial charge is 0.491 e. The fraction of sp³-hybridized carbons (Fsp3) is 0.611. The van der Waals surface area contributed by atoms with E-state index in [2.05, 4.69) is 19.2 Å². The second-order valence-corrected chi connectivity index (χ2v) is 6.08. The minimum Gasteiger partial charge on any atom is -0.491 e. The summed E-state index contributed by atoms with van der Waals surface area (Å²) in [5, 5.41) is 2.92. The van der Waals surface area contributed by atoms with Gasteiger partial charge in [-0.25, -0.2) is 0 Å². The van der Waals surface area contributed by atoms with Crippen molar-refractivity contribution in [2.45, 2.75) is 39.7 Å². The summed E-state index contributed by atoms with van der Waals surface area (Å²) in [6.07, 6.45) is 0.672. The smallest absolute Gasteiger partial charge is 0.256 e. The summed E-state index contributed by atoms with van der Waals surface area (Å²) >= 11 is 0. The molecule has 1 aromatic rings. The maximum Gasteiger partial charge on any atom is 0.256 e. The zero-order chi connectivity index (χ0) is 17.3. The maximum absolute atomic E-state index is 12.6. The molecule has 23 heavy (non-hydrogen) atoms. The quantitative estimate of drug-likeness (QED) is 0.670. The van der Waals surface area contributed by atoms with Crippen LogP contribution in [0.15, 0.2) is 24.3 Å². The van der Waals surface area contributed by atoms with E-state index in [9.17, 15) is 4.79 Å². The highest BCUT2D eigenvalue weighted by atomic mass is 16.5. The van der Waals surface area contributed by atoms with Crippen molar-refractivity contribution in [2.24, 2.45) is 5.92 Å². The molecule has 1 amide bonds. The average molecular weight is 323 g/mol. The molecule has 0 spiro atoms. The van der Waals surface area contributed by atoms with Gasteiger partial charge in [0.1, 0.15) is 18.0 Å². The Balaban J connectivity index is 2.67. The molecular formula is C18H29NO4. The molecule has 5 nitrogen and oxygen atoms in total. The van der Waals surface area contributed by atoms with Crippen LogP contribution in [0.3, 0.4) is 0 Å². The first kappa shape index (κ1) is 19.5. The van der Waals surface area contributed by atoms with Crippen molar-refractivity contribution in [3.63, 3.8) is 0 Å². The molecule has 1 aromatic carbocycles. The number of hydrogen-bond acceptors (Lipinski definition) is 4. The van der Waals surface area contributed by atoms with Crippen LogP contribution in [0.1, 0.15) is 34.1 Å². The first-order valence-electron chi connectivity index (χ1n) is 8.08. The van der Waals surface area contributed by atoms with Crippen LogP contribution in [-0.4, -0.2) is 38.4 Å². The molecular weight excluding hydrogens is 294 g/mol. The Kier molecular flexibility index (Phi) is 8.06. The van der Waals surface area contributed by atoms with Crippen molar-refractivity contribution >= 4 is 11.6 Å². The van der Waals surface area contributed by atoms with Crippen molar-refractivity contribution in [2.75, 3.05) is 32.2 Å². The number of methoxy groups -OCH3 is 1. The van der Waals surface area contributed by atoms with Gasteiger partial charge in [0.25, 0.3) is 5.91 Å². The molecule has 0 bridgehead atoms. The van der Waals surface area contributed by atoms with E-state index in [4.69, 9.17) is 14.2 Å². The molecule has 0 fully saturated rings. The van der Waals surface area contributed by atoms with Crippen LogP contribution in [-0.2, 0) is 14.3 Å². The van der Waals surface area contributed by atoms with Crippen molar-refractivity contribution in [3.8, 4) is 5.75 Å². The molecule has 0 aliphatic carbocycles. The van der Waals surface area contributed by atoms with Crippen LogP contribution in [0.5, 0.6) is 5.75 Å². The van der Waals surface area contributed by atoms with E-state index in [1.807, 2.05) is 38.1 Å².